The highest BCUT2D eigenvalue weighted by molar-refractivity contribution is 5.76. The lowest BCUT2D eigenvalue weighted by Gasteiger charge is -2.04. The first-order chi connectivity index (χ1) is 7.35. The van der Waals surface area contributed by atoms with Crippen LogP contribution in [0.15, 0.2) is 24.4 Å². The number of hydrogen-bond acceptors (Lipinski definition) is 3. The fourth-order valence-electron chi connectivity index (χ4n) is 1.53. The number of pyridine rings is 1. The highest BCUT2D eigenvalue weighted by Gasteiger charge is 2.03. The summed E-state index contributed by atoms with van der Waals surface area (Å²) >= 11 is 0. The molecule has 80 valence electrons. The number of hydrogen-bond donors (Lipinski definition) is 0. The van der Waals surface area contributed by atoms with Crippen molar-refractivity contribution in [3.05, 3.63) is 24.4 Å². The number of fused-ring (bicyclic) bond motifs is 1. The van der Waals surface area contributed by atoms with Crippen molar-refractivity contribution in [2.75, 3.05) is 20.8 Å². The molecular formula is C11H14N2O2. The maximum absolute atomic E-state index is 5.10. The van der Waals surface area contributed by atoms with Crippen LogP contribution in [0.5, 0.6) is 5.88 Å². The van der Waals surface area contributed by atoms with Gasteiger partial charge in [-0.3, -0.25) is 0 Å². The van der Waals surface area contributed by atoms with Crippen LogP contribution in [0.3, 0.4) is 0 Å². The smallest absolute Gasteiger partial charge is 0.214 e. The summed E-state index contributed by atoms with van der Waals surface area (Å²) < 4.78 is 12.2. The van der Waals surface area contributed by atoms with Crippen LogP contribution in [0, 0.1) is 0 Å². The van der Waals surface area contributed by atoms with E-state index in [9.17, 15) is 0 Å². The summed E-state index contributed by atoms with van der Waals surface area (Å²) in [5, 5.41) is 1.12. The van der Waals surface area contributed by atoms with E-state index in [-0.39, 0.29) is 0 Å². The van der Waals surface area contributed by atoms with E-state index >= 15 is 0 Å². The van der Waals surface area contributed by atoms with E-state index in [1.165, 1.54) is 0 Å². The minimum absolute atomic E-state index is 0.639. The van der Waals surface area contributed by atoms with E-state index in [1.54, 1.807) is 14.2 Å². The second-order valence-electron chi connectivity index (χ2n) is 3.27. The van der Waals surface area contributed by atoms with Gasteiger partial charge in [-0.1, -0.05) is 0 Å². The quantitative estimate of drug-likeness (QED) is 0.763. The van der Waals surface area contributed by atoms with E-state index in [1.807, 2.05) is 24.4 Å². The number of methoxy groups -OCH3 is 2. The molecule has 0 spiro atoms. The number of aromatic nitrogens is 2. The van der Waals surface area contributed by atoms with Crippen LogP contribution in [0.25, 0.3) is 11.0 Å². The molecule has 0 bridgehead atoms. The number of rotatable bonds is 4. The maximum Gasteiger partial charge on any atom is 0.214 e. The molecule has 4 heteroatoms. The van der Waals surface area contributed by atoms with Gasteiger partial charge in [-0.25, -0.2) is 0 Å². The lowest BCUT2D eigenvalue weighted by Crippen LogP contribution is -2.03. The SMILES string of the molecule is COCCn1ccc2ccc(OC)nc21. The standard InChI is InChI=1S/C11H14N2O2/c1-14-8-7-13-6-5-9-3-4-10(15-2)12-11(9)13/h3-6H,7-8H2,1-2H3. The van der Waals surface area contributed by atoms with Crippen molar-refractivity contribution in [3.63, 3.8) is 0 Å². The third-order valence-electron chi connectivity index (χ3n) is 2.33. The van der Waals surface area contributed by atoms with Crippen molar-refractivity contribution in [3.8, 4) is 5.88 Å². The Kier molecular flexibility index (Phi) is 2.87. The van der Waals surface area contributed by atoms with E-state index < -0.39 is 0 Å². The molecule has 0 aliphatic carbocycles. The molecule has 4 nitrogen and oxygen atoms in total. The van der Waals surface area contributed by atoms with E-state index in [0.29, 0.717) is 12.5 Å². The third-order valence-corrected chi connectivity index (χ3v) is 2.33. The van der Waals surface area contributed by atoms with Crippen molar-refractivity contribution in [2.24, 2.45) is 0 Å². The molecule has 0 aliphatic heterocycles. The average Bonchev–Trinajstić information content (AvgIpc) is 2.68. The molecule has 2 aromatic heterocycles. The summed E-state index contributed by atoms with van der Waals surface area (Å²) in [7, 11) is 3.32. The Morgan fingerprint density at radius 2 is 2.13 bits per heavy atom. The van der Waals surface area contributed by atoms with Crippen LogP contribution < -0.4 is 4.74 Å². The van der Waals surface area contributed by atoms with Crippen molar-refractivity contribution < 1.29 is 9.47 Å². The van der Waals surface area contributed by atoms with Gasteiger partial charge < -0.3 is 14.0 Å². The zero-order chi connectivity index (χ0) is 10.7. The number of nitrogens with zero attached hydrogens (tertiary/aromatic N) is 2. The molecule has 0 atom stereocenters. The van der Waals surface area contributed by atoms with Gasteiger partial charge in [-0.15, -0.1) is 0 Å². The van der Waals surface area contributed by atoms with Crippen LogP contribution in [0.2, 0.25) is 0 Å². The first kappa shape index (κ1) is 9.98. The normalized spacial score (nSPS) is 10.8. The minimum atomic E-state index is 0.639. The highest BCUT2D eigenvalue weighted by Crippen LogP contribution is 2.17. The van der Waals surface area contributed by atoms with Crippen LogP contribution in [0.1, 0.15) is 0 Å². The monoisotopic (exact) mass is 206 g/mol. The van der Waals surface area contributed by atoms with Crippen LogP contribution >= 0.6 is 0 Å². The summed E-state index contributed by atoms with van der Waals surface area (Å²) in [5.74, 6) is 0.639. The second-order valence-corrected chi connectivity index (χ2v) is 3.27. The van der Waals surface area contributed by atoms with Crippen LogP contribution in [-0.4, -0.2) is 30.4 Å². The van der Waals surface area contributed by atoms with E-state index in [0.717, 1.165) is 17.6 Å². The van der Waals surface area contributed by atoms with Gasteiger partial charge in [0.05, 0.1) is 13.7 Å². The minimum Gasteiger partial charge on any atom is -0.481 e. The van der Waals surface area contributed by atoms with Crippen molar-refractivity contribution in [1.82, 2.24) is 9.55 Å². The largest absolute Gasteiger partial charge is 0.481 e. The molecule has 2 aromatic rings. The zero-order valence-electron chi connectivity index (χ0n) is 8.93. The third kappa shape index (κ3) is 1.94. The van der Waals surface area contributed by atoms with Crippen molar-refractivity contribution >= 4 is 11.0 Å². The van der Waals surface area contributed by atoms with Gasteiger partial charge in [0.25, 0.3) is 0 Å². The predicted molar refractivity (Wildman–Crippen MR) is 58.2 cm³/mol. The molecule has 2 rings (SSSR count). The molecule has 2 heterocycles. The molecule has 0 aromatic carbocycles. The topological polar surface area (TPSA) is 36.3 Å². The molecule has 0 radical (unpaired) electrons. The maximum atomic E-state index is 5.10. The molecule has 0 unspecified atom stereocenters. The summed E-state index contributed by atoms with van der Waals surface area (Å²) in [6.07, 6.45) is 2.01. The van der Waals surface area contributed by atoms with Gasteiger partial charge in [-0.05, 0) is 12.1 Å². The Balaban J connectivity index is 2.38. The van der Waals surface area contributed by atoms with Gasteiger partial charge in [0, 0.05) is 31.3 Å². The summed E-state index contributed by atoms with van der Waals surface area (Å²) in [4.78, 5) is 4.39. The second kappa shape index (κ2) is 4.31. The Bertz CT molecular complexity index is 451. The van der Waals surface area contributed by atoms with E-state index in [2.05, 4.69) is 9.55 Å². The summed E-state index contributed by atoms with van der Waals surface area (Å²) in [6.45, 7) is 1.49. The van der Waals surface area contributed by atoms with Gasteiger partial charge in [0.2, 0.25) is 5.88 Å². The number of ether oxygens (including phenoxy) is 2. The Labute approximate surface area is 88.4 Å². The Morgan fingerprint density at radius 3 is 2.87 bits per heavy atom. The Morgan fingerprint density at radius 1 is 1.27 bits per heavy atom. The molecule has 15 heavy (non-hydrogen) atoms. The molecular weight excluding hydrogens is 192 g/mol. The predicted octanol–water partition coefficient (Wildman–Crippen LogP) is 1.69. The van der Waals surface area contributed by atoms with E-state index in [4.69, 9.17) is 9.47 Å². The van der Waals surface area contributed by atoms with Crippen LogP contribution in [0.4, 0.5) is 0 Å². The van der Waals surface area contributed by atoms with Gasteiger partial charge in [-0.2, -0.15) is 4.98 Å². The lowest BCUT2D eigenvalue weighted by molar-refractivity contribution is 0.188. The molecule has 0 N–H and O–H groups in total. The van der Waals surface area contributed by atoms with Crippen LogP contribution in [-0.2, 0) is 11.3 Å². The Hall–Kier alpha value is -1.55. The average molecular weight is 206 g/mol. The van der Waals surface area contributed by atoms with Crippen molar-refractivity contribution in [1.29, 1.82) is 0 Å². The summed E-state index contributed by atoms with van der Waals surface area (Å²) in [5.41, 5.74) is 0.936. The fourth-order valence-corrected chi connectivity index (χ4v) is 1.53. The molecule has 0 saturated carbocycles. The fraction of sp³-hybridized carbons (Fsp3) is 0.364. The highest BCUT2D eigenvalue weighted by atomic mass is 16.5. The molecule has 0 aliphatic rings. The van der Waals surface area contributed by atoms with Gasteiger partial charge in [0.15, 0.2) is 0 Å². The molecule has 0 amide bonds. The molecule has 0 fully saturated rings. The first-order valence-electron chi connectivity index (χ1n) is 4.84. The first-order valence-corrected chi connectivity index (χ1v) is 4.84. The zero-order valence-corrected chi connectivity index (χ0v) is 8.93. The van der Waals surface area contributed by atoms with Gasteiger partial charge >= 0.3 is 0 Å². The lowest BCUT2D eigenvalue weighted by atomic mass is 10.3. The molecule has 0 saturated heterocycles. The van der Waals surface area contributed by atoms with Gasteiger partial charge in [0.1, 0.15) is 5.65 Å². The van der Waals surface area contributed by atoms with Crippen molar-refractivity contribution in [2.45, 2.75) is 6.54 Å². The summed E-state index contributed by atoms with van der Waals surface area (Å²) in [6, 6.07) is 5.91.